The highest BCUT2D eigenvalue weighted by Gasteiger charge is 2.43. The zero-order chi connectivity index (χ0) is 38.1. The molecule has 0 amide bonds. The lowest BCUT2D eigenvalue weighted by Gasteiger charge is -2.44. The van der Waals surface area contributed by atoms with E-state index in [1.54, 1.807) is 0 Å². The zero-order valence-corrected chi connectivity index (χ0v) is 30.6. The van der Waals surface area contributed by atoms with Crippen LogP contribution in [0.2, 0.25) is 0 Å². The molecule has 2 aliphatic heterocycles. The molecule has 0 fully saturated rings. The van der Waals surface area contributed by atoms with E-state index >= 15 is 0 Å². The van der Waals surface area contributed by atoms with Crippen molar-refractivity contribution in [1.29, 1.82) is 0 Å². The first-order valence-corrected chi connectivity index (χ1v) is 18.7. The molecule has 0 saturated carbocycles. The average Bonchev–Trinajstić information content (AvgIpc) is 3.21. The zero-order valence-electron chi connectivity index (χ0n) is 32.6. The van der Waals surface area contributed by atoms with Gasteiger partial charge in [-0.3, -0.25) is 0 Å². The van der Waals surface area contributed by atoms with E-state index in [9.17, 15) is 0 Å². The van der Waals surface area contributed by atoms with Crippen LogP contribution in [0, 0.1) is 20.8 Å². The van der Waals surface area contributed by atoms with Crippen LogP contribution in [0.4, 0.5) is 34.1 Å². The molecule has 0 radical (unpaired) electrons. The molecular formula is C51H39BN2. The third kappa shape index (κ3) is 5.19. The maximum Gasteiger partial charge on any atom is 0.252 e. The molecule has 2 heterocycles. The Labute approximate surface area is 321 Å². The first-order chi connectivity index (χ1) is 27.3. The Bertz CT molecular complexity index is 2610. The van der Waals surface area contributed by atoms with Gasteiger partial charge in [0.15, 0.2) is 0 Å². The maximum absolute atomic E-state index is 8.89. The lowest BCUT2D eigenvalue weighted by molar-refractivity contribution is 1.25. The highest BCUT2D eigenvalue weighted by atomic mass is 15.2. The van der Waals surface area contributed by atoms with E-state index in [1.807, 2.05) is 24.3 Å². The molecule has 8 aromatic rings. The van der Waals surface area contributed by atoms with Crippen LogP contribution in [0.3, 0.4) is 0 Å². The second kappa shape index (κ2) is 12.8. The van der Waals surface area contributed by atoms with Crippen LogP contribution < -0.4 is 26.2 Å². The van der Waals surface area contributed by atoms with Gasteiger partial charge in [-0.1, -0.05) is 139 Å². The second-order valence-electron chi connectivity index (χ2n) is 14.6. The van der Waals surface area contributed by atoms with Gasteiger partial charge in [0.05, 0.1) is 2.74 Å². The number of aryl methyl sites for hydroxylation is 3. The van der Waals surface area contributed by atoms with Gasteiger partial charge in [0, 0.05) is 34.1 Å². The Balaban J connectivity index is 1.27. The van der Waals surface area contributed by atoms with Crippen LogP contribution in [0.15, 0.2) is 182 Å². The molecular weight excluding hydrogens is 651 g/mol. The Morgan fingerprint density at radius 1 is 0.407 bits per heavy atom. The Kier molecular flexibility index (Phi) is 7.11. The first-order valence-electron chi connectivity index (χ1n) is 19.7. The molecule has 0 aromatic heterocycles. The summed E-state index contributed by atoms with van der Waals surface area (Å²) in [6, 6.07) is 61.1. The third-order valence-corrected chi connectivity index (χ3v) is 11.2. The molecule has 3 heteroatoms. The fraction of sp³-hybridized carbons (Fsp3) is 0.0588. The summed E-state index contributed by atoms with van der Waals surface area (Å²) < 4.78 is 17.8. The summed E-state index contributed by atoms with van der Waals surface area (Å²) in [5.74, 6) is 0. The molecule has 8 aromatic carbocycles. The van der Waals surface area contributed by atoms with Crippen molar-refractivity contribution in [2.75, 3.05) is 9.80 Å². The van der Waals surface area contributed by atoms with Gasteiger partial charge in [0.1, 0.15) is 0 Å². The normalized spacial score (nSPS) is 13.1. The first kappa shape index (κ1) is 29.9. The molecule has 0 bridgehead atoms. The van der Waals surface area contributed by atoms with Crippen LogP contribution in [0.5, 0.6) is 0 Å². The van der Waals surface area contributed by atoms with E-state index in [4.69, 9.17) is 2.74 Å². The number of fused-ring (bicyclic) bond motifs is 4. The molecule has 0 atom stereocenters. The topological polar surface area (TPSA) is 6.48 Å². The van der Waals surface area contributed by atoms with Crippen molar-refractivity contribution in [3.05, 3.63) is 199 Å². The lowest BCUT2D eigenvalue weighted by atomic mass is 9.33. The molecule has 0 aliphatic carbocycles. The van der Waals surface area contributed by atoms with Gasteiger partial charge in [-0.05, 0) is 130 Å². The van der Waals surface area contributed by atoms with Crippen molar-refractivity contribution >= 4 is 57.2 Å². The minimum absolute atomic E-state index is 0.172. The monoisotopic (exact) mass is 692 g/mol. The van der Waals surface area contributed by atoms with Crippen molar-refractivity contribution in [3.63, 3.8) is 0 Å². The van der Waals surface area contributed by atoms with E-state index in [0.29, 0.717) is 12.1 Å². The largest absolute Gasteiger partial charge is 0.311 e. The summed E-state index contributed by atoms with van der Waals surface area (Å²) in [4.78, 5) is 4.79. The summed E-state index contributed by atoms with van der Waals surface area (Å²) in [5, 5.41) is 0. The van der Waals surface area contributed by atoms with Crippen molar-refractivity contribution in [3.8, 4) is 33.4 Å². The van der Waals surface area contributed by atoms with Crippen LogP contribution in [-0.4, -0.2) is 6.71 Å². The summed E-state index contributed by atoms with van der Waals surface area (Å²) in [7, 11) is 0. The van der Waals surface area contributed by atoms with Gasteiger partial charge >= 0.3 is 0 Å². The Morgan fingerprint density at radius 3 is 1.28 bits per heavy atom. The van der Waals surface area contributed by atoms with E-state index in [2.05, 4.69) is 176 Å². The van der Waals surface area contributed by atoms with Crippen LogP contribution in [-0.2, 0) is 0 Å². The number of rotatable bonds is 5. The number of nitrogens with zero attached hydrogens (tertiary/aromatic N) is 2. The molecule has 2 aliphatic rings. The van der Waals surface area contributed by atoms with Gasteiger partial charge in [0.2, 0.25) is 0 Å². The maximum atomic E-state index is 8.89. The fourth-order valence-electron chi connectivity index (χ4n) is 8.97. The van der Waals surface area contributed by atoms with Gasteiger partial charge in [0.25, 0.3) is 6.71 Å². The molecule has 10 rings (SSSR count). The smallest absolute Gasteiger partial charge is 0.252 e. The van der Waals surface area contributed by atoms with Crippen LogP contribution >= 0.6 is 0 Å². The average molecular weight is 693 g/mol. The van der Waals surface area contributed by atoms with Gasteiger partial charge in [-0.2, -0.15) is 0 Å². The minimum Gasteiger partial charge on any atom is -0.311 e. The van der Waals surface area contributed by atoms with Gasteiger partial charge in [-0.25, -0.2) is 0 Å². The Hall–Kier alpha value is -6.58. The van der Waals surface area contributed by atoms with E-state index in [1.165, 1.54) is 38.8 Å². The van der Waals surface area contributed by atoms with Crippen molar-refractivity contribution in [2.45, 2.75) is 20.8 Å². The van der Waals surface area contributed by atoms with Crippen LogP contribution in [0.25, 0.3) is 33.4 Å². The second-order valence-corrected chi connectivity index (χ2v) is 14.6. The molecule has 0 saturated heterocycles. The molecule has 0 spiro atoms. The molecule has 0 N–H and O–H groups in total. The number of hydrogen-bond donors (Lipinski definition) is 0. The highest BCUT2D eigenvalue weighted by molar-refractivity contribution is 7.00. The number of anilines is 6. The summed E-state index contributed by atoms with van der Waals surface area (Å²) in [5.41, 5.74) is 20.5. The van der Waals surface area contributed by atoms with Gasteiger partial charge < -0.3 is 9.80 Å². The summed E-state index contributed by atoms with van der Waals surface area (Å²) in [6.07, 6.45) is 0. The highest BCUT2D eigenvalue weighted by Crippen LogP contribution is 2.47. The van der Waals surface area contributed by atoms with Crippen molar-refractivity contribution < 1.29 is 2.74 Å². The van der Waals surface area contributed by atoms with E-state index in [-0.39, 0.29) is 6.71 Å². The minimum atomic E-state index is -0.172. The van der Waals surface area contributed by atoms with E-state index < -0.39 is 0 Å². The number of hydrogen-bond acceptors (Lipinski definition) is 2. The quantitative estimate of drug-likeness (QED) is 0.166. The predicted molar refractivity (Wildman–Crippen MR) is 231 cm³/mol. The van der Waals surface area contributed by atoms with Gasteiger partial charge in [-0.15, -0.1) is 0 Å². The summed E-state index contributed by atoms with van der Waals surface area (Å²) in [6.45, 7) is 6.44. The van der Waals surface area contributed by atoms with Crippen molar-refractivity contribution in [1.82, 2.24) is 0 Å². The molecule has 0 unspecified atom stereocenters. The Morgan fingerprint density at radius 2 is 0.833 bits per heavy atom. The number of para-hydroxylation sites is 2. The summed E-state index contributed by atoms with van der Waals surface area (Å²) >= 11 is 0. The lowest BCUT2D eigenvalue weighted by Crippen LogP contribution is -2.61. The third-order valence-electron chi connectivity index (χ3n) is 11.2. The SMILES string of the molecule is [2H]c1ccc2c(c1)B1c3cc([2H])ccc3N(c3ccc(-c4ccccc4)cc3)c3cc(-c4c(C)cc(C)cc4C)cc(c31)N2c1ccc(-c2ccccc2)cc1. The molecule has 54 heavy (non-hydrogen) atoms. The van der Waals surface area contributed by atoms with Crippen LogP contribution in [0.1, 0.15) is 19.4 Å². The van der Waals surface area contributed by atoms with Crippen molar-refractivity contribution in [2.24, 2.45) is 0 Å². The fourth-order valence-corrected chi connectivity index (χ4v) is 8.97. The number of benzene rings is 8. The van der Waals surface area contributed by atoms with E-state index in [0.717, 1.165) is 61.7 Å². The predicted octanol–water partition coefficient (Wildman–Crippen LogP) is 11.7. The standard InChI is InChI=1S/C51H39BN2/c1-34-30-35(2)50(36(3)31-34)41-32-48-51-49(33-41)54(43-28-24-40(25-29-43)38-16-8-5-9-17-38)47-21-13-11-19-45(47)52(51)44-18-10-12-20-46(44)53(48)42-26-22-39(23-27-42)37-14-6-4-7-15-37/h4-33H,1-3H3/i10D,11D. The molecule has 2 nitrogen and oxygen atoms in total. The molecule has 256 valence electrons.